The van der Waals surface area contributed by atoms with Crippen molar-refractivity contribution in [2.75, 3.05) is 13.6 Å². The van der Waals surface area contributed by atoms with E-state index in [2.05, 4.69) is 24.3 Å². The molecule has 0 aromatic carbocycles. The Hall–Kier alpha value is -0.910. The van der Waals surface area contributed by atoms with E-state index in [4.69, 9.17) is 5.84 Å². The Balaban J connectivity index is 2.50. The number of nitrogens with zero attached hydrogens (tertiary/aromatic N) is 1. The van der Waals surface area contributed by atoms with Gasteiger partial charge in [-0.15, -0.1) is 11.3 Å². The van der Waals surface area contributed by atoms with Crippen molar-refractivity contribution >= 4 is 17.2 Å². The fourth-order valence-electron chi connectivity index (χ4n) is 1.73. The second-order valence-electron chi connectivity index (χ2n) is 4.19. The summed E-state index contributed by atoms with van der Waals surface area (Å²) in [4.78, 5) is 14.5. The van der Waals surface area contributed by atoms with E-state index in [0.29, 0.717) is 0 Å². The number of rotatable bonds is 7. The van der Waals surface area contributed by atoms with Gasteiger partial charge in [0.1, 0.15) is 0 Å². The van der Waals surface area contributed by atoms with Crippen LogP contribution < -0.4 is 11.3 Å². The molecule has 5 heteroatoms. The van der Waals surface area contributed by atoms with Gasteiger partial charge in [-0.3, -0.25) is 10.2 Å². The standard InChI is InChI=1S/C12H21N3OS/c1-3-4-5-7-15(2)9-10-6-8-17-11(10)12(16)14-13/h6,8H,3-5,7,9,13H2,1-2H3,(H,14,16). The summed E-state index contributed by atoms with van der Waals surface area (Å²) < 4.78 is 0. The minimum Gasteiger partial charge on any atom is -0.302 e. The lowest BCUT2D eigenvalue weighted by Gasteiger charge is -2.16. The van der Waals surface area contributed by atoms with Crippen LogP contribution in [0, 0.1) is 0 Å². The van der Waals surface area contributed by atoms with Crippen LogP contribution in [0.3, 0.4) is 0 Å². The molecule has 1 heterocycles. The van der Waals surface area contributed by atoms with Gasteiger partial charge < -0.3 is 4.90 Å². The highest BCUT2D eigenvalue weighted by Crippen LogP contribution is 2.18. The van der Waals surface area contributed by atoms with Gasteiger partial charge in [0.25, 0.3) is 5.91 Å². The first-order valence-corrected chi connectivity index (χ1v) is 6.82. The Labute approximate surface area is 107 Å². The largest absolute Gasteiger partial charge is 0.302 e. The number of hydrazine groups is 1. The highest BCUT2D eigenvalue weighted by molar-refractivity contribution is 7.12. The van der Waals surface area contributed by atoms with E-state index in [1.807, 2.05) is 11.4 Å². The second kappa shape index (κ2) is 7.42. The maximum atomic E-state index is 11.5. The summed E-state index contributed by atoms with van der Waals surface area (Å²) >= 11 is 1.43. The average molecular weight is 255 g/mol. The molecule has 0 saturated carbocycles. The molecule has 1 amide bonds. The van der Waals surface area contributed by atoms with Gasteiger partial charge in [-0.2, -0.15) is 0 Å². The van der Waals surface area contributed by atoms with Crippen molar-refractivity contribution in [1.29, 1.82) is 0 Å². The fourth-order valence-corrected chi connectivity index (χ4v) is 2.54. The minimum atomic E-state index is -0.197. The molecule has 0 aliphatic carbocycles. The summed E-state index contributed by atoms with van der Waals surface area (Å²) in [6.45, 7) is 4.06. The van der Waals surface area contributed by atoms with E-state index in [-0.39, 0.29) is 5.91 Å². The SMILES string of the molecule is CCCCCN(C)Cc1ccsc1C(=O)NN. The van der Waals surface area contributed by atoms with E-state index >= 15 is 0 Å². The molecule has 1 aromatic rings. The number of carbonyl (C=O) groups excluding carboxylic acids is 1. The zero-order chi connectivity index (χ0) is 12.7. The maximum Gasteiger partial charge on any atom is 0.275 e. The third kappa shape index (κ3) is 4.46. The summed E-state index contributed by atoms with van der Waals surface area (Å²) in [5.41, 5.74) is 3.24. The molecule has 0 aliphatic rings. The first-order chi connectivity index (χ1) is 8.19. The van der Waals surface area contributed by atoms with Crippen molar-refractivity contribution in [2.45, 2.75) is 32.7 Å². The van der Waals surface area contributed by atoms with Gasteiger partial charge in [0.05, 0.1) is 4.88 Å². The second-order valence-corrected chi connectivity index (χ2v) is 5.11. The van der Waals surface area contributed by atoms with E-state index in [0.717, 1.165) is 23.5 Å². The molecule has 4 nitrogen and oxygen atoms in total. The lowest BCUT2D eigenvalue weighted by atomic mass is 10.2. The first kappa shape index (κ1) is 14.2. The van der Waals surface area contributed by atoms with E-state index in [9.17, 15) is 4.79 Å². The van der Waals surface area contributed by atoms with E-state index in [1.54, 1.807) is 0 Å². The number of nitrogen functional groups attached to an aromatic ring is 1. The number of hydrogen-bond donors (Lipinski definition) is 2. The number of nitrogens with two attached hydrogens (primary N) is 1. The zero-order valence-corrected chi connectivity index (χ0v) is 11.3. The summed E-state index contributed by atoms with van der Waals surface area (Å²) in [7, 11) is 2.08. The van der Waals surface area contributed by atoms with Crippen LogP contribution in [0.25, 0.3) is 0 Å². The quantitative estimate of drug-likeness (QED) is 0.339. The molecule has 0 fully saturated rings. The number of carbonyl (C=O) groups is 1. The number of unbranched alkanes of at least 4 members (excludes halogenated alkanes) is 2. The van der Waals surface area contributed by atoms with Crippen molar-refractivity contribution < 1.29 is 4.79 Å². The third-order valence-electron chi connectivity index (χ3n) is 2.67. The topological polar surface area (TPSA) is 58.4 Å². The van der Waals surface area contributed by atoms with E-state index < -0.39 is 0 Å². The van der Waals surface area contributed by atoms with Crippen LogP contribution in [0.4, 0.5) is 0 Å². The van der Waals surface area contributed by atoms with Crippen LogP contribution in [0.5, 0.6) is 0 Å². The van der Waals surface area contributed by atoms with Gasteiger partial charge in [0, 0.05) is 6.54 Å². The molecule has 17 heavy (non-hydrogen) atoms. The third-order valence-corrected chi connectivity index (χ3v) is 3.62. The highest BCUT2D eigenvalue weighted by Gasteiger charge is 2.13. The molecule has 0 spiro atoms. The summed E-state index contributed by atoms with van der Waals surface area (Å²) in [6, 6.07) is 1.99. The first-order valence-electron chi connectivity index (χ1n) is 5.94. The lowest BCUT2D eigenvalue weighted by Crippen LogP contribution is -2.30. The molecular weight excluding hydrogens is 234 g/mol. The van der Waals surface area contributed by atoms with Crippen molar-refractivity contribution in [3.8, 4) is 0 Å². The fraction of sp³-hybridized carbons (Fsp3) is 0.583. The lowest BCUT2D eigenvalue weighted by molar-refractivity contribution is 0.0956. The van der Waals surface area contributed by atoms with Crippen molar-refractivity contribution in [3.05, 3.63) is 21.9 Å². The Bertz CT molecular complexity index is 351. The van der Waals surface area contributed by atoms with Crippen LogP contribution in [0.2, 0.25) is 0 Å². The van der Waals surface area contributed by atoms with Crippen molar-refractivity contribution in [3.63, 3.8) is 0 Å². The van der Waals surface area contributed by atoms with Crippen LogP contribution in [0.1, 0.15) is 41.4 Å². The molecule has 0 saturated heterocycles. The summed E-state index contributed by atoms with van der Waals surface area (Å²) in [5.74, 6) is 4.96. The molecule has 0 unspecified atom stereocenters. The Morgan fingerprint density at radius 1 is 1.53 bits per heavy atom. The van der Waals surface area contributed by atoms with Crippen molar-refractivity contribution in [2.24, 2.45) is 5.84 Å². The van der Waals surface area contributed by atoms with Gasteiger partial charge in [0.2, 0.25) is 0 Å². The summed E-state index contributed by atoms with van der Waals surface area (Å²) in [5, 5.41) is 1.93. The molecule has 3 N–H and O–H groups in total. The normalized spacial score (nSPS) is 10.8. The molecule has 1 rings (SSSR count). The molecule has 0 radical (unpaired) electrons. The van der Waals surface area contributed by atoms with Gasteiger partial charge in [-0.1, -0.05) is 19.8 Å². The van der Waals surface area contributed by atoms with Crippen molar-refractivity contribution in [1.82, 2.24) is 10.3 Å². The van der Waals surface area contributed by atoms with Crippen LogP contribution in [0.15, 0.2) is 11.4 Å². The average Bonchev–Trinajstić information content (AvgIpc) is 2.76. The monoisotopic (exact) mass is 255 g/mol. The molecule has 96 valence electrons. The predicted octanol–water partition coefficient (Wildman–Crippen LogP) is 1.97. The van der Waals surface area contributed by atoms with Crippen LogP contribution in [-0.4, -0.2) is 24.4 Å². The molecule has 0 atom stereocenters. The Morgan fingerprint density at radius 2 is 2.29 bits per heavy atom. The highest BCUT2D eigenvalue weighted by atomic mass is 32.1. The van der Waals surface area contributed by atoms with Gasteiger partial charge >= 0.3 is 0 Å². The molecule has 0 bridgehead atoms. The molecule has 0 aliphatic heterocycles. The predicted molar refractivity (Wildman–Crippen MR) is 71.8 cm³/mol. The zero-order valence-electron chi connectivity index (χ0n) is 10.5. The Kier molecular flexibility index (Phi) is 6.18. The molecule has 1 aromatic heterocycles. The van der Waals surface area contributed by atoms with Crippen LogP contribution in [-0.2, 0) is 6.54 Å². The number of nitrogens with one attached hydrogen (secondary N) is 1. The smallest absolute Gasteiger partial charge is 0.275 e. The van der Waals surface area contributed by atoms with Gasteiger partial charge in [-0.25, -0.2) is 5.84 Å². The van der Waals surface area contributed by atoms with Crippen LogP contribution >= 0.6 is 11.3 Å². The number of hydrogen-bond acceptors (Lipinski definition) is 4. The Morgan fingerprint density at radius 3 is 2.94 bits per heavy atom. The minimum absolute atomic E-state index is 0.197. The maximum absolute atomic E-state index is 11.5. The van der Waals surface area contributed by atoms with Gasteiger partial charge in [0.15, 0.2) is 0 Å². The summed E-state index contributed by atoms with van der Waals surface area (Å²) in [6.07, 6.45) is 3.69. The molecular formula is C12H21N3OS. The van der Waals surface area contributed by atoms with Gasteiger partial charge in [-0.05, 0) is 37.0 Å². The number of thiophene rings is 1. The van der Waals surface area contributed by atoms with E-state index in [1.165, 1.54) is 30.6 Å². The number of amides is 1.